The number of rotatable bonds is 7. The molecule has 1 fully saturated rings. The predicted octanol–water partition coefficient (Wildman–Crippen LogP) is 1.02. The normalized spacial score (nSPS) is 23.9. The van der Waals surface area contributed by atoms with Gasteiger partial charge in [0.25, 0.3) is 0 Å². The third kappa shape index (κ3) is 4.61. The van der Waals surface area contributed by atoms with Crippen LogP contribution in [0, 0.1) is 0 Å². The fourth-order valence-corrected chi connectivity index (χ4v) is 1.95. The van der Waals surface area contributed by atoms with Crippen LogP contribution in [0.3, 0.4) is 0 Å². The molecule has 1 saturated heterocycles. The van der Waals surface area contributed by atoms with Crippen molar-refractivity contribution in [1.82, 2.24) is 5.32 Å². The summed E-state index contributed by atoms with van der Waals surface area (Å²) < 4.78 is 10.8. The Morgan fingerprint density at radius 1 is 1.65 bits per heavy atom. The average Bonchev–Trinajstić information content (AvgIpc) is 2.69. The van der Waals surface area contributed by atoms with Gasteiger partial charge in [-0.05, 0) is 33.6 Å². The van der Waals surface area contributed by atoms with Gasteiger partial charge in [0.15, 0.2) is 0 Å². The van der Waals surface area contributed by atoms with E-state index in [2.05, 4.69) is 5.32 Å². The molecule has 1 heterocycles. The molecular weight excluding hydrogens is 222 g/mol. The Hall–Kier alpha value is -0.650. The van der Waals surface area contributed by atoms with Crippen molar-refractivity contribution in [2.75, 3.05) is 19.8 Å². The number of hydrogen-bond donors (Lipinski definition) is 2. The molecule has 2 unspecified atom stereocenters. The summed E-state index contributed by atoms with van der Waals surface area (Å²) in [5.41, 5.74) is -0.923. The quantitative estimate of drug-likeness (QED) is 0.701. The first-order valence-electron chi connectivity index (χ1n) is 6.14. The van der Waals surface area contributed by atoms with E-state index in [4.69, 9.17) is 9.47 Å². The Kier molecular flexibility index (Phi) is 5.36. The molecule has 0 aromatic heterocycles. The molecule has 0 aromatic carbocycles. The molecule has 2 atom stereocenters. The lowest BCUT2D eigenvalue weighted by molar-refractivity contribution is -0.145. The van der Waals surface area contributed by atoms with Crippen molar-refractivity contribution in [3.63, 3.8) is 0 Å². The fraction of sp³-hybridized carbons (Fsp3) is 0.917. The monoisotopic (exact) mass is 245 g/mol. The van der Waals surface area contributed by atoms with Gasteiger partial charge in [-0.15, -0.1) is 0 Å². The van der Waals surface area contributed by atoms with E-state index in [0.29, 0.717) is 19.6 Å². The summed E-state index contributed by atoms with van der Waals surface area (Å²) in [4.78, 5) is 11.2. The summed E-state index contributed by atoms with van der Waals surface area (Å²) in [7, 11) is 0. The molecule has 2 N–H and O–H groups in total. The van der Waals surface area contributed by atoms with Crippen LogP contribution in [0.2, 0.25) is 0 Å². The molecule has 17 heavy (non-hydrogen) atoms. The van der Waals surface area contributed by atoms with Crippen LogP contribution in [0.5, 0.6) is 0 Å². The second-order valence-corrected chi connectivity index (χ2v) is 5.04. The Balaban J connectivity index is 2.35. The zero-order chi connectivity index (χ0) is 12.9. The van der Waals surface area contributed by atoms with Crippen molar-refractivity contribution >= 4 is 5.97 Å². The SMILES string of the molecule is CC(C)NC(C)(CCOC1CCOC1)C(=O)O. The lowest BCUT2D eigenvalue weighted by Crippen LogP contribution is -2.53. The van der Waals surface area contributed by atoms with Crippen LogP contribution in [0.25, 0.3) is 0 Å². The third-order valence-corrected chi connectivity index (χ3v) is 2.92. The van der Waals surface area contributed by atoms with E-state index in [1.165, 1.54) is 0 Å². The van der Waals surface area contributed by atoms with Gasteiger partial charge < -0.3 is 14.6 Å². The smallest absolute Gasteiger partial charge is 0.323 e. The van der Waals surface area contributed by atoms with E-state index in [0.717, 1.165) is 13.0 Å². The van der Waals surface area contributed by atoms with E-state index >= 15 is 0 Å². The molecule has 0 saturated carbocycles. The summed E-state index contributed by atoms with van der Waals surface area (Å²) in [5.74, 6) is -0.836. The molecule has 1 rings (SSSR count). The molecular formula is C12H23NO4. The molecule has 0 spiro atoms. The van der Waals surface area contributed by atoms with Gasteiger partial charge in [0, 0.05) is 19.3 Å². The summed E-state index contributed by atoms with van der Waals surface area (Å²) >= 11 is 0. The number of ether oxygens (including phenoxy) is 2. The van der Waals surface area contributed by atoms with E-state index in [1.807, 2.05) is 13.8 Å². The van der Waals surface area contributed by atoms with Crippen molar-refractivity contribution in [2.24, 2.45) is 0 Å². The van der Waals surface area contributed by atoms with Gasteiger partial charge >= 0.3 is 5.97 Å². The first kappa shape index (κ1) is 14.4. The first-order chi connectivity index (χ1) is 7.94. The number of carbonyl (C=O) groups is 1. The van der Waals surface area contributed by atoms with Gasteiger partial charge in [0.05, 0.1) is 12.7 Å². The van der Waals surface area contributed by atoms with E-state index in [9.17, 15) is 9.90 Å². The van der Waals surface area contributed by atoms with Crippen molar-refractivity contribution < 1.29 is 19.4 Å². The van der Waals surface area contributed by atoms with Gasteiger partial charge in [-0.1, -0.05) is 0 Å². The molecule has 0 bridgehead atoms. The Bertz CT molecular complexity index is 251. The standard InChI is InChI=1S/C12H23NO4/c1-9(2)13-12(3,11(14)15)5-7-17-10-4-6-16-8-10/h9-10,13H,4-8H2,1-3H3,(H,14,15). The summed E-state index contributed by atoms with van der Waals surface area (Å²) in [6.07, 6.45) is 1.49. The van der Waals surface area contributed by atoms with E-state index < -0.39 is 11.5 Å². The van der Waals surface area contributed by atoms with Crippen molar-refractivity contribution in [3.05, 3.63) is 0 Å². The molecule has 5 nitrogen and oxygen atoms in total. The van der Waals surface area contributed by atoms with Gasteiger partial charge in [0.1, 0.15) is 5.54 Å². The lowest BCUT2D eigenvalue weighted by Gasteiger charge is -2.29. The number of nitrogens with one attached hydrogen (secondary N) is 1. The third-order valence-electron chi connectivity index (χ3n) is 2.92. The van der Waals surface area contributed by atoms with Crippen LogP contribution < -0.4 is 5.32 Å². The number of carboxylic acid groups (broad SMARTS) is 1. The topological polar surface area (TPSA) is 67.8 Å². The summed E-state index contributed by atoms with van der Waals surface area (Å²) in [5, 5.41) is 12.3. The molecule has 1 aliphatic rings. The minimum Gasteiger partial charge on any atom is -0.480 e. The minimum absolute atomic E-state index is 0.130. The Morgan fingerprint density at radius 2 is 2.35 bits per heavy atom. The zero-order valence-corrected chi connectivity index (χ0v) is 10.9. The molecule has 0 aromatic rings. The first-order valence-corrected chi connectivity index (χ1v) is 6.14. The fourth-order valence-electron chi connectivity index (χ4n) is 1.95. The highest BCUT2D eigenvalue weighted by Crippen LogP contribution is 2.14. The highest BCUT2D eigenvalue weighted by atomic mass is 16.5. The minimum atomic E-state index is -0.923. The molecule has 100 valence electrons. The van der Waals surface area contributed by atoms with E-state index in [-0.39, 0.29) is 12.1 Å². The number of hydrogen-bond acceptors (Lipinski definition) is 4. The van der Waals surface area contributed by atoms with Gasteiger partial charge in [0.2, 0.25) is 0 Å². The maximum Gasteiger partial charge on any atom is 0.323 e. The van der Waals surface area contributed by atoms with Gasteiger partial charge in [-0.3, -0.25) is 10.1 Å². The average molecular weight is 245 g/mol. The Morgan fingerprint density at radius 3 is 2.82 bits per heavy atom. The highest BCUT2D eigenvalue weighted by Gasteiger charge is 2.33. The summed E-state index contributed by atoms with van der Waals surface area (Å²) in [6.45, 7) is 7.38. The van der Waals surface area contributed by atoms with Crippen LogP contribution in [0.1, 0.15) is 33.6 Å². The molecule has 0 aliphatic carbocycles. The Labute approximate surface area is 102 Å². The maximum atomic E-state index is 11.2. The molecule has 0 amide bonds. The molecule has 1 aliphatic heterocycles. The zero-order valence-electron chi connectivity index (χ0n) is 10.9. The van der Waals surface area contributed by atoms with Crippen molar-refractivity contribution in [2.45, 2.75) is 51.3 Å². The largest absolute Gasteiger partial charge is 0.480 e. The van der Waals surface area contributed by atoms with E-state index in [1.54, 1.807) is 6.92 Å². The maximum absolute atomic E-state index is 11.2. The predicted molar refractivity (Wildman–Crippen MR) is 64.1 cm³/mol. The van der Waals surface area contributed by atoms with Gasteiger partial charge in [-0.2, -0.15) is 0 Å². The number of aliphatic carboxylic acids is 1. The molecule has 5 heteroatoms. The summed E-state index contributed by atoms with van der Waals surface area (Å²) in [6, 6.07) is 0.130. The van der Waals surface area contributed by atoms with Crippen molar-refractivity contribution in [3.8, 4) is 0 Å². The number of carboxylic acids is 1. The van der Waals surface area contributed by atoms with Crippen LogP contribution >= 0.6 is 0 Å². The van der Waals surface area contributed by atoms with Crippen molar-refractivity contribution in [1.29, 1.82) is 0 Å². The second-order valence-electron chi connectivity index (χ2n) is 5.04. The van der Waals surface area contributed by atoms with Gasteiger partial charge in [-0.25, -0.2) is 0 Å². The van der Waals surface area contributed by atoms with Crippen LogP contribution in [0.15, 0.2) is 0 Å². The lowest BCUT2D eigenvalue weighted by atomic mass is 9.97. The highest BCUT2D eigenvalue weighted by molar-refractivity contribution is 5.78. The molecule has 0 radical (unpaired) electrons. The van der Waals surface area contributed by atoms with Crippen LogP contribution in [0.4, 0.5) is 0 Å². The second kappa shape index (κ2) is 6.33. The van der Waals surface area contributed by atoms with Crippen LogP contribution in [-0.2, 0) is 14.3 Å². The van der Waals surface area contributed by atoms with Crippen LogP contribution in [-0.4, -0.2) is 48.6 Å².